The first-order valence-electron chi connectivity index (χ1n) is 7.66. The number of benzene rings is 1. The molecule has 0 radical (unpaired) electrons. The van der Waals surface area contributed by atoms with Crippen LogP contribution >= 0.6 is 22.9 Å². The first kappa shape index (κ1) is 17.4. The fourth-order valence-corrected chi connectivity index (χ4v) is 3.06. The molecule has 25 heavy (non-hydrogen) atoms. The first-order valence-corrected chi connectivity index (χ1v) is 8.92. The van der Waals surface area contributed by atoms with Crippen LogP contribution in [0.4, 0.5) is 0 Å². The molecule has 3 aromatic rings. The van der Waals surface area contributed by atoms with E-state index in [1.54, 1.807) is 43.6 Å². The van der Waals surface area contributed by atoms with E-state index >= 15 is 0 Å². The maximum atomic E-state index is 12.2. The fraction of sp³-hybridized carbons (Fsp3) is 0.167. The number of nitrogens with zero attached hydrogens (tertiary/aromatic N) is 2. The fourth-order valence-electron chi connectivity index (χ4n) is 2.11. The lowest BCUT2D eigenvalue weighted by Crippen LogP contribution is -2.35. The number of carbonyl (C=O) groups is 1. The second-order valence-corrected chi connectivity index (χ2v) is 6.61. The summed E-state index contributed by atoms with van der Waals surface area (Å²) in [4.78, 5) is 20.7. The van der Waals surface area contributed by atoms with E-state index in [1.807, 2.05) is 17.5 Å². The summed E-state index contributed by atoms with van der Waals surface area (Å²) in [6, 6.07) is 10.7. The zero-order chi connectivity index (χ0) is 17.6. The molecular formula is C18H16ClN3O2S. The topological polar surface area (TPSA) is 64.1 Å². The lowest BCUT2D eigenvalue weighted by atomic mass is 10.3. The predicted molar refractivity (Wildman–Crippen MR) is 98.7 cm³/mol. The van der Waals surface area contributed by atoms with Crippen molar-refractivity contribution in [3.8, 4) is 16.3 Å². The van der Waals surface area contributed by atoms with E-state index in [1.165, 1.54) is 11.3 Å². The largest absolute Gasteiger partial charge is 0.481 e. The Morgan fingerprint density at radius 3 is 2.68 bits per heavy atom. The third-order valence-corrected chi connectivity index (χ3v) is 4.61. The van der Waals surface area contributed by atoms with E-state index in [-0.39, 0.29) is 5.91 Å². The molecule has 2 aromatic heterocycles. The van der Waals surface area contributed by atoms with E-state index in [9.17, 15) is 4.79 Å². The van der Waals surface area contributed by atoms with Crippen molar-refractivity contribution < 1.29 is 9.53 Å². The summed E-state index contributed by atoms with van der Waals surface area (Å²) in [5, 5.41) is 6.29. The van der Waals surface area contributed by atoms with Crippen LogP contribution in [-0.4, -0.2) is 22.0 Å². The van der Waals surface area contributed by atoms with Crippen molar-refractivity contribution in [3.05, 3.63) is 64.9 Å². The molecule has 1 atom stereocenters. The Kier molecular flexibility index (Phi) is 5.63. The summed E-state index contributed by atoms with van der Waals surface area (Å²) in [5.41, 5.74) is 1.82. The lowest BCUT2D eigenvalue weighted by Gasteiger charge is -2.14. The van der Waals surface area contributed by atoms with Gasteiger partial charge in [-0.25, -0.2) is 4.98 Å². The second kappa shape index (κ2) is 8.09. The molecular weight excluding hydrogens is 358 g/mol. The van der Waals surface area contributed by atoms with Gasteiger partial charge in [-0.2, -0.15) is 0 Å². The monoisotopic (exact) mass is 373 g/mol. The molecule has 1 unspecified atom stereocenters. The van der Waals surface area contributed by atoms with Gasteiger partial charge < -0.3 is 10.1 Å². The molecule has 1 amide bonds. The van der Waals surface area contributed by atoms with E-state index < -0.39 is 6.10 Å². The summed E-state index contributed by atoms with van der Waals surface area (Å²) < 4.78 is 5.60. The number of ether oxygens (including phenoxy) is 1. The summed E-state index contributed by atoms with van der Waals surface area (Å²) in [7, 11) is 0. The van der Waals surface area contributed by atoms with Crippen LogP contribution in [0.25, 0.3) is 10.6 Å². The van der Waals surface area contributed by atoms with Crippen molar-refractivity contribution >= 4 is 28.8 Å². The van der Waals surface area contributed by atoms with Crippen LogP contribution in [0.3, 0.4) is 0 Å². The van der Waals surface area contributed by atoms with Gasteiger partial charge in [-0.3, -0.25) is 9.78 Å². The normalized spacial score (nSPS) is 11.8. The van der Waals surface area contributed by atoms with Gasteiger partial charge in [0, 0.05) is 28.4 Å². The van der Waals surface area contributed by atoms with Gasteiger partial charge in [-0.05, 0) is 43.3 Å². The highest BCUT2D eigenvalue weighted by atomic mass is 35.5. The van der Waals surface area contributed by atoms with E-state index in [4.69, 9.17) is 16.3 Å². The molecule has 0 fully saturated rings. The van der Waals surface area contributed by atoms with Crippen LogP contribution in [0.2, 0.25) is 5.02 Å². The number of amides is 1. The van der Waals surface area contributed by atoms with E-state index in [0.717, 1.165) is 16.3 Å². The van der Waals surface area contributed by atoms with Crippen molar-refractivity contribution in [2.75, 3.05) is 0 Å². The molecule has 0 saturated heterocycles. The zero-order valence-electron chi connectivity index (χ0n) is 13.5. The van der Waals surface area contributed by atoms with Gasteiger partial charge in [0.05, 0.1) is 12.2 Å². The van der Waals surface area contributed by atoms with Gasteiger partial charge >= 0.3 is 0 Å². The highest BCUT2D eigenvalue weighted by molar-refractivity contribution is 7.13. The highest BCUT2D eigenvalue weighted by Crippen LogP contribution is 2.22. The van der Waals surface area contributed by atoms with Crippen LogP contribution in [0.1, 0.15) is 12.6 Å². The maximum Gasteiger partial charge on any atom is 0.261 e. The summed E-state index contributed by atoms with van der Waals surface area (Å²) in [6.07, 6.45) is 2.85. The van der Waals surface area contributed by atoms with Gasteiger partial charge in [-0.1, -0.05) is 11.6 Å². The standard InChI is InChI=1S/C18H16ClN3O2S/c1-12(24-16-4-2-14(19)3-5-16)17(23)21-10-15-11-25-18(22-15)13-6-8-20-9-7-13/h2-9,11-12H,10H2,1H3,(H,21,23). The molecule has 0 bridgehead atoms. The average Bonchev–Trinajstić information content (AvgIpc) is 3.11. The molecule has 2 heterocycles. The number of halogens is 1. The number of hydrogen-bond donors (Lipinski definition) is 1. The van der Waals surface area contributed by atoms with Crippen molar-refractivity contribution in [1.82, 2.24) is 15.3 Å². The number of thiazole rings is 1. The van der Waals surface area contributed by atoms with E-state index in [2.05, 4.69) is 15.3 Å². The van der Waals surface area contributed by atoms with Gasteiger partial charge in [0.2, 0.25) is 0 Å². The summed E-state index contributed by atoms with van der Waals surface area (Å²) in [5.74, 6) is 0.397. The molecule has 128 valence electrons. The number of aromatic nitrogens is 2. The minimum atomic E-state index is -0.612. The number of nitrogens with one attached hydrogen (secondary N) is 1. The molecule has 0 saturated carbocycles. The Morgan fingerprint density at radius 2 is 1.96 bits per heavy atom. The Bertz CT molecular complexity index is 837. The number of carbonyl (C=O) groups excluding carboxylic acids is 1. The molecule has 1 N–H and O–H groups in total. The quantitative estimate of drug-likeness (QED) is 0.710. The Hall–Kier alpha value is -2.44. The third-order valence-electron chi connectivity index (χ3n) is 3.42. The van der Waals surface area contributed by atoms with E-state index in [0.29, 0.717) is 17.3 Å². The van der Waals surface area contributed by atoms with Gasteiger partial charge in [-0.15, -0.1) is 11.3 Å². The first-order chi connectivity index (χ1) is 12.1. The predicted octanol–water partition coefficient (Wildman–Crippen LogP) is 3.94. The van der Waals surface area contributed by atoms with Crippen LogP contribution in [-0.2, 0) is 11.3 Å². The van der Waals surface area contributed by atoms with Gasteiger partial charge in [0.1, 0.15) is 10.8 Å². The Balaban J connectivity index is 1.53. The molecule has 0 aliphatic carbocycles. The van der Waals surface area contributed by atoms with Crippen molar-refractivity contribution in [2.45, 2.75) is 19.6 Å². The number of hydrogen-bond acceptors (Lipinski definition) is 5. The summed E-state index contributed by atoms with van der Waals surface area (Å²) >= 11 is 7.36. The Morgan fingerprint density at radius 1 is 1.24 bits per heavy atom. The highest BCUT2D eigenvalue weighted by Gasteiger charge is 2.15. The molecule has 3 rings (SSSR count). The van der Waals surface area contributed by atoms with Crippen molar-refractivity contribution in [2.24, 2.45) is 0 Å². The minimum absolute atomic E-state index is 0.201. The summed E-state index contributed by atoms with van der Waals surface area (Å²) in [6.45, 7) is 2.06. The third kappa shape index (κ3) is 4.78. The smallest absolute Gasteiger partial charge is 0.261 e. The molecule has 0 spiro atoms. The Labute approximate surface area is 154 Å². The van der Waals surface area contributed by atoms with Crippen LogP contribution in [0, 0.1) is 0 Å². The molecule has 0 aliphatic rings. The van der Waals surface area contributed by atoms with Crippen molar-refractivity contribution in [3.63, 3.8) is 0 Å². The molecule has 0 aliphatic heterocycles. The van der Waals surface area contributed by atoms with Crippen molar-refractivity contribution in [1.29, 1.82) is 0 Å². The lowest BCUT2D eigenvalue weighted by molar-refractivity contribution is -0.127. The van der Waals surface area contributed by atoms with Gasteiger partial charge in [0.15, 0.2) is 6.10 Å². The zero-order valence-corrected chi connectivity index (χ0v) is 15.1. The SMILES string of the molecule is CC(Oc1ccc(Cl)cc1)C(=O)NCc1csc(-c2ccncc2)n1. The number of rotatable bonds is 6. The van der Waals surface area contributed by atoms with Crippen LogP contribution in [0.5, 0.6) is 5.75 Å². The minimum Gasteiger partial charge on any atom is -0.481 e. The van der Waals surface area contributed by atoms with Gasteiger partial charge in [0.25, 0.3) is 5.91 Å². The second-order valence-electron chi connectivity index (χ2n) is 5.31. The number of pyridine rings is 1. The van der Waals surface area contributed by atoms with Crippen LogP contribution in [0.15, 0.2) is 54.2 Å². The average molecular weight is 374 g/mol. The molecule has 7 heteroatoms. The molecule has 5 nitrogen and oxygen atoms in total. The maximum absolute atomic E-state index is 12.2. The van der Waals surface area contributed by atoms with Crippen LogP contribution < -0.4 is 10.1 Å². The molecule has 1 aromatic carbocycles.